The van der Waals surface area contributed by atoms with E-state index >= 15 is 0 Å². The molecule has 0 bridgehead atoms. The van der Waals surface area contributed by atoms with Crippen molar-refractivity contribution < 1.29 is 4.79 Å². The van der Waals surface area contributed by atoms with Gasteiger partial charge in [0.25, 0.3) is 0 Å². The third-order valence-corrected chi connectivity index (χ3v) is 5.88. The lowest BCUT2D eigenvalue weighted by Crippen LogP contribution is -2.15. The number of halogens is 2. The van der Waals surface area contributed by atoms with Gasteiger partial charge in [0.1, 0.15) is 5.92 Å². The summed E-state index contributed by atoms with van der Waals surface area (Å²) in [6.45, 7) is 0. The second-order valence-corrected chi connectivity index (χ2v) is 8.07. The van der Waals surface area contributed by atoms with Crippen LogP contribution in [0.4, 0.5) is 5.69 Å². The number of aromatic nitrogens is 4. The van der Waals surface area contributed by atoms with E-state index in [0.29, 0.717) is 17.4 Å². The lowest BCUT2D eigenvalue weighted by atomic mass is 9.95. The zero-order valence-corrected chi connectivity index (χ0v) is 16.1. The Balaban J connectivity index is 1.69. The predicted molar refractivity (Wildman–Crippen MR) is 102 cm³/mol. The maximum Gasteiger partial charge on any atom is 0.238 e. The minimum atomic E-state index is -0.522. The lowest BCUT2D eigenvalue weighted by Gasteiger charge is -2.10. The Labute approximate surface area is 163 Å². The second-order valence-electron chi connectivity index (χ2n) is 6.82. The smallest absolute Gasteiger partial charge is 0.238 e. The SMILES string of the molecule is O=C1Nc2ccc(Br)cc2C1c1nc(Cl)nc2nn(C3CCCC3)cc12. The number of amides is 1. The van der Waals surface area contributed by atoms with Crippen molar-refractivity contribution >= 4 is 50.2 Å². The molecule has 0 radical (unpaired) electrons. The van der Waals surface area contributed by atoms with Crippen LogP contribution in [0.5, 0.6) is 0 Å². The van der Waals surface area contributed by atoms with Crippen molar-refractivity contribution in [1.29, 1.82) is 0 Å². The van der Waals surface area contributed by atoms with E-state index in [1.807, 2.05) is 29.1 Å². The maximum absolute atomic E-state index is 12.7. The van der Waals surface area contributed by atoms with Gasteiger partial charge in [-0.3, -0.25) is 9.48 Å². The quantitative estimate of drug-likeness (QED) is 0.608. The molecule has 1 N–H and O–H groups in total. The Kier molecular flexibility index (Phi) is 3.76. The van der Waals surface area contributed by atoms with E-state index in [1.165, 1.54) is 12.8 Å². The number of hydrogen-bond donors (Lipinski definition) is 1. The van der Waals surface area contributed by atoms with Crippen molar-refractivity contribution in [3.63, 3.8) is 0 Å². The molecule has 2 aromatic heterocycles. The first kappa shape index (κ1) is 16.2. The highest BCUT2D eigenvalue weighted by Gasteiger charge is 2.35. The Bertz CT molecular complexity index is 1040. The van der Waals surface area contributed by atoms with Crippen molar-refractivity contribution in [3.8, 4) is 0 Å². The van der Waals surface area contributed by atoms with E-state index in [2.05, 4.69) is 36.3 Å². The molecule has 1 saturated carbocycles. The van der Waals surface area contributed by atoms with E-state index in [1.54, 1.807) is 0 Å². The molecule has 1 fully saturated rings. The minimum Gasteiger partial charge on any atom is -0.325 e. The van der Waals surface area contributed by atoms with Gasteiger partial charge >= 0.3 is 0 Å². The van der Waals surface area contributed by atoms with Gasteiger partial charge in [-0.2, -0.15) is 10.1 Å². The molecule has 1 aliphatic carbocycles. The van der Waals surface area contributed by atoms with Crippen molar-refractivity contribution in [2.24, 2.45) is 0 Å². The molecule has 132 valence electrons. The molecule has 0 spiro atoms. The summed E-state index contributed by atoms with van der Waals surface area (Å²) < 4.78 is 2.89. The van der Waals surface area contributed by atoms with E-state index in [-0.39, 0.29) is 11.2 Å². The molecule has 1 amide bonds. The van der Waals surface area contributed by atoms with Crippen molar-refractivity contribution in [1.82, 2.24) is 19.7 Å². The molecule has 6 nitrogen and oxygen atoms in total. The van der Waals surface area contributed by atoms with Crippen LogP contribution in [0.15, 0.2) is 28.9 Å². The van der Waals surface area contributed by atoms with Crippen LogP contribution in [0.2, 0.25) is 5.28 Å². The average molecular weight is 433 g/mol. The summed E-state index contributed by atoms with van der Waals surface area (Å²) in [7, 11) is 0. The number of benzene rings is 1. The molecular formula is C18H15BrClN5O. The fourth-order valence-electron chi connectivity index (χ4n) is 4.00. The molecular weight excluding hydrogens is 418 g/mol. The van der Waals surface area contributed by atoms with Gasteiger partial charge in [0.2, 0.25) is 11.2 Å². The predicted octanol–water partition coefficient (Wildman–Crippen LogP) is 4.44. The summed E-state index contributed by atoms with van der Waals surface area (Å²) in [4.78, 5) is 21.4. The molecule has 26 heavy (non-hydrogen) atoms. The Morgan fingerprint density at radius 2 is 2.04 bits per heavy atom. The number of nitrogens with zero attached hydrogens (tertiary/aromatic N) is 4. The minimum absolute atomic E-state index is 0.109. The van der Waals surface area contributed by atoms with E-state index < -0.39 is 5.92 Å². The molecule has 1 aromatic carbocycles. The Morgan fingerprint density at radius 1 is 1.23 bits per heavy atom. The van der Waals surface area contributed by atoms with Crippen LogP contribution in [-0.2, 0) is 4.79 Å². The fraction of sp³-hybridized carbons (Fsp3) is 0.333. The first-order chi connectivity index (χ1) is 12.6. The van der Waals surface area contributed by atoms with Gasteiger partial charge in [-0.15, -0.1) is 0 Å². The highest BCUT2D eigenvalue weighted by Crippen LogP contribution is 2.40. The highest BCUT2D eigenvalue weighted by atomic mass is 79.9. The number of rotatable bonds is 2. The van der Waals surface area contributed by atoms with E-state index in [4.69, 9.17) is 11.6 Å². The molecule has 3 aromatic rings. The van der Waals surface area contributed by atoms with Crippen LogP contribution < -0.4 is 5.32 Å². The largest absolute Gasteiger partial charge is 0.325 e. The van der Waals surface area contributed by atoms with Gasteiger partial charge in [-0.25, -0.2) is 4.98 Å². The van der Waals surface area contributed by atoms with Crippen LogP contribution in [-0.4, -0.2) is 25.7 Å². The molecule has 8 heteroatoms. The van der Waals surface area contributed by atoms with Gasteiger partial charge in [0, 0.05) is 16.4 Å². The summed E-state index contributed by atoms with van der Waals surface area (Å²) in [6.07, 6.45) is 6.63. The molecule has 3 heterocycles. The van der Waals surface area contributed by atoms with E-state index in [0.717, 1.165) is 34.0 Å². The van der Waals surface area contributed by atoms with Crippen LogP contribution >= 0.6 is 27.5 Å². The van der Waals surface area contributed by atoms with Crippen LogP contribution in [0, 0.1) is 0 Å². The second kappa shape index (κ2) is 6.03. The normalized spacial score (nSPS) is 19.9. The van der Waals surface area contributed by atoms with Gasteiger partial charge in [-0.1, -0.05) is 28.8 Å². The average Bonchev–Trinajstić information content (AvgIpc) is 3.30. The summed E-state index contributed by atoms with van der Waals surface area (Å²) >= 11 is 9.65. The summed E-state index contributed by atoms with van der Waals surface area (Å²) in [5.41, 5.74) is 2.84. The molecule has 1 unspecified atom stereocenters. The third kappa shape index (κ3) is 2.53. The highest BCUT2D eigenvalue weighted by molar-refractivity contribution is 9.10. The Hall–Kier alpha value is -1.99. The number of nitrogens with one attached hydrogen (secondary N) is 1. The van der Waals surface area contributed by atoms with E-state index in [9.17, 15) is 4.79 Å². The van der Waals surface area contributed by atoms with Crippen LogP contribution in [0.1, 0.15) is 48.9 Å². The standard InChI is InChI=1S/C18H15BrClN5O/c19-9-5-6-13-11(7-9)14(17(26)21-13)15-12-8-25(10-3-1-2-4-10)24-16(12)23-18(20)22-15/h5-8,10,14H,1-4H2,(H,21,26). The summed E-state index contributed by atoms with van der Waals surface area (Å²) in [6, 6.07) is 6.12. The van der Waals surface area contributed by atoms with Gasteiger partial charge < -0.3 is 5.32 Å². The zero-order valence-electron chi connectivity index (χ0n) is 13.7. The number of carbonyl (C=O) groups excluding carboxylic acids is 1. The topological polar surface area (TPSA) is 72.7 Å². The first-order valence-electron chi connectivity index (χ1n) is 8.63. The van der Waals surface area contributed by atoms with Crippen molar-refractivity contribution in [2.75, 3.05) is 5.32 Å². The summed E-state index contributed by atoms with van der Waals surface area (Å²) in [5.74, 6) is -0.630. The van der Waals surface area contributed by atoms with Crippen molar-refractivity contribution in [2.45, 2.75) is 37.6 Å². The first-order valence-corrected chi connectivity index (χ1v) is 9.80. The molecule has 1 aliphatic heterocycles. The number of fused-ring (bicyclic) bond motifs is 2. The van der Waals surface area contributed by atoms with Gasteiger partial charge in [-0.05, 0) is 48.2 Å². The van der Waals surface area contributed by atoms with Crippen molar-refractivity contribution in [3.05, 3.63) is 45.4 Å². The zero-order chi connectivity index (χ0) is 17.8. The summed E-state index contributed by atoms with van der Waals surface area (Å²) in [5, 5.41) is 8.45. The molecule has 5 rings (SSSR count). The number of carbonyl (C=O) groups is 1. The number of anilines is 1. The Morgan fingerprint density at radius 3 is 2.85 bits per heavy atom. The molecule has 0 saturated heterocycles. The van der Waals surface area contributed by atoms with Crippen LogP contribution in [0.3, 0.4) is 0 Å². The maximum atomic E-state index is 12.7. The monoisotopic (exact) mass is 431 g/mol. The van der Waals surface area contributed by atoms with Gasteiger partial charge in [0.05, 0.1) is 17.1 Å². The van der Waals surface area contributed by atoms with Crippen LogP contribution in [0.25, 0.3) is 11.0 Å². The lowest BCUT2D eigenvalue weighted by molar-refractivity contribution is -0.116. The number of hydrogen-bond acceptors (Lipinski definition) is 4. The fourth-order valence-corrected chi connectivity index (χ4v) is 4.55. The molecule has 1 atom stereocenters. The third-order valence-electron chi connectivity index (χ3n) is 5.22. The molecule has 2 aliphatic rings. The van der Waals surface area contributed by atoms with Gasteiger partial charge in [0.15, 0.2) is 5.65 Å².